The van der Waals surface area contributed by atoms with Crippen LogP contribution in [0.3, 0.4) is 0 Å². The molecule has 0 amide bonds. The quantitative estimate of drug-likeness (QED) is 0.684. The fraction of sp³-hybridized carbons (Fsp3) is 0. The van der Waals surface area contributed by atoms with Crippen LogP contribution in [0.5, 0.6) is 0 Å². The van der Waals surface area contributed by atoms with Crippen molar-refractivity contribution >= 4 is 34.8 Å². The summed E-state index contributed by atoms with van der Waals surface area (Å²) >= 11 is 2.28. The zero-order chi connectivity index (χ0) is 13.1. The van der Waals surface area contributed by atoms with E-state index < -0.39 is 10.9 Å². The molecule has 2 aromatic rings. The molecule has 0 atom stereocenters. The van der Waals surface area contributed by atoms with Gasteiger partial charge in [-0.2, -0.15) is 0 Å². The van der Waals surface area contributed by atoms with E-state index in [0.717, 1.165) is 11.8 Å². The van der Waals surface area contributed by atoms with E-state index in [0.29, 0.717) is 4.34 Å². The number of hydrogen-bond donors (Lipinski definition) is 1. The Labute approximate surface area is 109 Å². The highest BCUT2D eigenvalue weighted by molar-refractivity contribution is 8.01. The molecule has 0 unspecified atom stereocenters. The first-order valence-electron chi connectivity index (χ1n) is 4.67. The van der Waals surface area contributed by atoms with Crippen LogP contribution in [0.25, 0.3) is 0 Å². The van der Waals surface area contributed by atoms with E-state index in [1.54, 1.807) is 11.6 Å². The molecule has 2 rings (SSSR count). The molecule has 1 heterocycles. The van der Waals surface area contributed by atoms with Crippen LogP contribution in [0.1, 0.15) is 10.4 Å². The third-order valence-corrected chi connectivity index (χ3v) is 4.04. The van der Waals surface area contributed by atoms with Gasteiger partial charge in [-0.05, 0) is 6.07 Å². The Morgan fingerprint density at radius 1 is 1.50 bits per heavy atom. The molecule has 0 saturated carbocycles. The Balaban J connectivity index is 2.53. The van der Waals surface area contributed by atoms with Gasteiger partial charge in [0.15, 0.2) is 4.34 Å². The Morgan fingerprint density at radius 2 is 2.28 bits per heavy atom. The Morgan fingerprint density at radius 3 is 2.83 bits per heavy atom. The third-order valence-electron chi connectivity index (χ3n) is 2.02. The summed E-state index contributed by atoms with van der Waals surface area (Å²) < 4.78 is 0.562. The van der Waals surface area contributed by atoms with Crippen molar-refractivity contribution < 1.29 is 14.8 Å². The number of rotatable bonds is 4. The minimum absolute atomic E-state index is 0.0931. The van der Waals surface area contributed by atoms with Crippen molar-refractivity contribution in [1.29, 1.82) is 0 Å². The number of carboxylic acid groups (broad SMARTS) is 1. The van der Waals surface area contributed by atoms with Crippen molar-refractivity contribution in [2.45, 2.75) is 9.24 Å². The van der Waals surface area contributed by atoms with Gasteiger partial charge in [0, 0.05) is 17.6 Å². The van der Waals surface area contributed by atoms with Gasteiger partial charge < -0.3 is 5.11 Å². The third kappa shape index (κ3) is 2.49. The molecule has 0 aliphatic carbocycles. The molecule has 1 aromatic carbocycles. The minimum Gasteiger partial charge on any atom is -0.478 e. The van der Waals surface area contributed by atoms with Gasteiger partial charge in [-0.1, -0.05) is 17.8 Å². The number of carbonyl (C=O) groups is 1. The predicted octanol–water partition coefficient (Wildman–Crippen LogP) is 2.90. The second kappa shape index (κ2) is 5.15. The number of aromatic carboxylic acids is 1. The molecule has 0 aliphatic heterocycles. The van der Waals surface area contributed by atoms with Crippen LogP contribution >= 0.6 is 23.1 Å². The van der Waals surface area contributed by atoms with Crippen molar-refractivity contribution in [3.63, 3.8) is 0 Å². The van der Waals surface area contributed by atoms with E-state index >= 15 is 0 Å². The fourth-order valence-corrected chi connectivity index (χ4v) is 3.06. The second-order valence-electron chi connectivity index (χ2n) is 3.12. The molecule has 6 nitrogen and oxygen atoms in total. The van der Waals surface area contributed by atoms with Crippen LogP contribution in [-0.2, 0) is 0 Å². The molecule has 0 saturated heterocycles. The first-order chi connectivity index (χ1) is 8.59. The van der Waals surface area contributed by atoms with Crippen molar-refractivity contribution in [3.8, 4) is 0 Å². The highest BCUT2D eigenvalue weighted by Gasteiger charge is 2.22. The van der Waals surface area contributed by atoms with E-state index in [1.165, 1.54) is 29.5 Å². The Bertz CT molecular complexity index is 566. The average molecular weight is 282 g/mol. The minimum atomic E-state index is -1.20. The summed E-state index contributed by atoms with van der Waals surface area (Å²) in [4.78, 5) is 25.5. The second-order valence-corrected chi connectivity index (χ2v) is 5.27. The van der Waals surface area contributed by atoms with Crippen LogP contribution < -0.4 is 0 Å². The normalized spacial score (nSPS) is 10.2. The Hall–Kier alpha value is -1.93. The SMILES string of the molecule is O=C(O)c1cccc([N+](=O)[O-])c1Sc1nccs1. The highest BCUT2D eigenvalue weighted by Crippen LogP contribution is 2.38. The number of nitro benzene ring substituents is 1. The largest absolute Gasteiger partial charge is 0.478 e. The summed E-state index contributed by atoms with van der Waals surface area (Å²) in [6.07, 6.45) is 1.56. The van der Waals surface area contributed by atoms with Gasteiger partial charge >= 0.3 is 5.97 Å². The summed E-state index contributed by atoms with van der Waals surface area (Å²) in [5.74, 6) is -1.20. The number of benzene rings is 1. The van der Waals surface area contributed by atoms with Gasteiger partial charge in [-0.15, -0.1) is 11.3 Å². The number of nitrogens with zero attached hydrogens (tertiary/aromatic N) is 2. The summed E-state index contributed by atoms with van der Waals surface area (Å²) in [5, 5.41) is 21.7. The molecule has 92 valence electrons. The molecule has 1 N–H and O–H groups in total. The lowest BCUT2D eigenvalue weighted by Crippen LogP contribution is -2.01. The predicted molar refractivity (Wildman–Crippen MR) is 66.3 cm³/mol. The molecule has 0 fully saturated rings. The van der Waals surface area contributed by atoms with Gasteiger partial charge in [-0.25, -0.2) is 9.78 Å². The summed E-state index contributed by atoms with van der Waals surface area (Å²) in [6, 6.07) is 3.97. The molecule has 0 spiro atoms. The van der Waals surface area contributed by atoms with Gasteiger partial charge in [0.1, 0.15) is 4.90 Å². The van der Waals surface area contributed by atoms with E-state index in [-0.39, 0.29) is 16.1 Å². The van der Waals surface area contributed by atoms with E-state index in [4.69, 9.17) is 5.11 Å². The maximum Gasteiger partial charge on any atom is 0.337 e. The van der Waals surface area contributed by atoms with Crippen LogP contribution in [0, 0.1) is 10.1 Å². The molecule has 0 radical (unpaired) electrons. The lowest BCUT2D eigenvalue weighted by Gasteiger charge is -2.04. The summed E-state index contributed by atoms with van der Waals surface area (Å²) in [7, 11) is 0. The van der Waals surface area contributed by atoms with Crippen molar-refractivity contribution in [3.05, 3.63) is 45.5 Å². The number of carboxylic acids is 1. The lowest BCUT2D eigenvalue weighted by molar-refractivity contribution is -0.387. The van der Waals surface area contributed by atoms with Crippen LogP contribution in [0.2, 0.25) is 0 Å². The monoisotopic (exact) mass is 282 g/mol. The molecule has 1 aromatic heterocycles. The summed E-state index contributed by atoms with van der Waals surface area (Å²) in [5.41, 5.74) is -0.320. The zero-order valence-corrected chi connectivity index (χ0v) is 10.4. The van der Waals surface area contributed by atoms with E-state index in [9.17, 15) is 14.9 Å². The molecule has 8 heteroatoms. The van der Waals surface area contributed by atoms with Crippen molar-refractivity contribution in [1.82, 2.24) is 4.98 Å². The van der Waals surface area contributed by atoms with Gasteiger partial charge in [-0.3, -0.25) is 10.1 Å². The van der Waals surface area contributed by atoms with Crippen LogP contribution in [0.15, 0.2) is 39.0 Å². The molecule has 0 bridgehead atoms. The molecule has 18 heavy (non-hydrogen) atoms. The molecular weight excluding hydrogens is 276 g/mol. The lowest BCUT2D eigenvalue weighted by atomic mass is 10.2. The van der Waals surface area contributed by atoms with Gasteiger partial charge in [0.2, 0.25) is 0 Å². The first kappa shape index (κ1) is 12.5. The maximum atomic E-state index is 11.1. The van der Waals surface area contributed by atoms with Gasteiger partial charge in [0.05, 0.1) is 10.5 Å². The first-order valence-corrected chi connectivity index (χ1v) is 6.37. The highest BCUT2D eigenvalue weighted by atomic mass is 32.2. The zero-order valence-electron chi connectivity index (χ0n) is 8.77. The smallest absolute Gasteiger partial charge is 0.337 e. The van der Waals surface area contributed by atoms with Crippen LogP contribution in [0.4, 0.5) is 5.69 Å². The Kier molecular flexibility index (Phi) is 3.58. The van der Waals surface area contributed by atoms with Gasteiger partial charge in [0.25, 0.3) is 5.69 Å². The van der Waals surface area contributed by atoms with Crippen molar-refractivity contribution in [2.75, 3.05) is 0 Å². The topological polar surface area (TPSA) is 93.3 Å². The molecular formula is C10H6N2O4S2. The number of aromatic nitrogens is 1. The number of nitro groups is 1. The number of hydrogen-bond acceptors (Lipinski definition) is 6. The number of thiazole rings is 1. The maximum absolute atomic E-state index is 11.1. The van der Waals surface area contributed by atoms with Crippen LogP contribution in [-0.4, -0.2) is 21.0 Å². The van der Waals surface area contributed by atoms with E-state index in [2.05, 4.69) is 4.98 Å². The van der Waals surface area contributed by atoms with Crippen molar-refractivity contribution in [2.24, 2.45) is 0 Å². The summed E-state index contributed by atoms with van der Waals surface area (Å²) in [6.45, 7) is 0. The average Bonchev–Trinajstić information content (AvgIpc) is 2.81. The standard InChI is InChI=1S/C10H6N2O4S2/c13-9(14)6-2-1-3-7(12(15)16)8(6)18-10-11-4-5-17-10/h1-5H,(H,13,14). The fourth-order valence-electron chi connectivity index (χ4n) is 1.29. The molecule has 0 aliphatic rings. The van der Waals surface area contributed by atoms with E-state index in [1.807, 2.05) is 0 Å².